The summed E-state index contributed by atoms with van der Waals surface area (Å²) in [6, 6.07) is 14.2. The maximum Gasteiger partial charge on any atom is 0.255 e. The predicted octanol–water partition coefficient (Wildman–Crippen LogP) is 6.03. The van der Waals surface area contributed by atoms with E-state index in [1.807, 2.05) is 18.2 Å². The van der Waals surface area contributed by atoms with Crippen LogP contribution in [0.1, 0.15) is 62.4 Å². The molecule has 1 saturated carbocycles. The van der Waals surface area contributed by atoms with Gasteiger partial charge in [0.15, 0.2) is 11.5 Å². The first kappa shape index (κ1) is 24.9. The minimum Gasteiger partial charge on any atom is -0.393 e. The van der Waals surface area contributed by atoms with Gasteiger partial charge in [-0.25, -0.2) is 9.37 Å². The number of halogens is 1. The molecule has 1 aliphatic carbocycles. The van der Waals surface area contributed by atoms with Gasteiger partial charge in [0.25, 0.3) is 5.91 Å². The Morgan fingerprint density at radius 1 is 1.05 bits per heavy atom. The summed E-state index contributed by atoms with van der Waals surface area (Å²) in [6.45, 7) is 6.33. The van der Waals surface area contributed by atoms with E-state index in [4.69, 9.17) is 0 Å². The van der Waals surface area contributed by atoms with E-state index in [9.17, 15) is 9.90 Å². The van der Waals surface area contributed by atoms with E-state index in [1.165, 1.54) is 6.07 Å². The highest BCUT2D eigenvalue weighted by molar-refractivity contribution is 6.05. The molecule has 0 atom stereocenters. The van der Waals surface area contributed by atoms with Gasteiger partial charge in [0, 0.05) is 17.8 Å². The molecule has 0 saturated heterocycles. The van der Waals surface area contributed by atoms with Crippen molar-refractivity contribution in [2.75, 3.05) is 10.6 Å². The summed E-state index contributed by atoms with van der Waals surface area (Å²) in [6.07, 6.45) is 4.64. The average Bonchev–Trinajstić information content (AvgIpc) is 3.29. The van der Waals surface area contributed by atoms with Crippen LogP contribution in [0.25, 0.3) is 22.2 Å². The fourth-order valence-corrected chi connectivity index (χ4v) is 4.81. The molecular weight excluding hydrogens is 469 g/mol. The van der Waals surface area contributed by atoms with Gasteiger partial charge in [-0.2, -0.15) is 5.10 Å². The molecule has 0 unspecified atom stereocenters. The zero-order valence-corrected chi connectivity index (χ0v) is 21.3. The van der Waals surface area contributed by atoms with Gasteiger partial charge in [0.2, 0.25) is 0 Å². The lowest BCUT2D eigenvalue weighted by atomic mass is 9.87. The number of nitrogens with one attached hydrogen (secondary N) is 3. The summed E-state index contributed by atoms with van der Waals surface area (Å²) in [4.78, 5) is 17.1. The van der Waals surface area contributed by atoms with E-state index in [-0.39, 0.29) is 29.2 Å². The SMILES string of the molecule is CC(C)(C)c1ccc(C(=O)Nc2ccc(-c3ccnc4[nH]nc(NC5CCC(O)CC5)c34)cc2F)cc1. The number of aliphatic hydroxyl groups excluding tert-OH is 1. The Morgan fingerprint density at radius 3 is 2.46 bits per heavy atom. The highest BCUT2D eigenvalue weighted by Gasteiger charge is 2.22. The van der Waals surface area contributed by atoms with Crippen LogP contribution in [0.4, 0.5) is 15.9 Å². The quantitative estimate of drug-likeness (QED) is 0.267. The number of anilines is 2. The Balaban J connectivity index is 1.37. The van der Waals surface area contributed by atoms with Gasteiger partial charge in [0.05, 0.1) is 17.2 Å². The Kier molecular flexibility index (Phi) is 6.69. The van der Waals surface area contributed by atoms with Crippen LogP contribution in [0.3, 0.4) is 0 Å². The summed E-state index contributed by atoms with van der Waals surface area (Å²) < 4.78 is 15.2. The minimum atomic E-state index is -0.526. The number of aromatic amines is 1. The molecule has 7 nitrogen and oxygen atoms in total. The smallest absolute Gasteiger partial charge is 0.255 e. The van der Waals surface area contributed by atoms with Crippen molar-refractivity contribution in [3.05, 3.63) is 71.7 Å². The molecule has 5 rings (SSSR count). The fraction of sp³-hybridized carbons (Fsp3) is 0.345. The summed E-state index contributed by atoms with van der Waals surface area (Å²) in [7, 11) is 0. The second kappa shape index (κ2) is 9.94. The average molecular weight is 502 g/mol. The molecule has 1 fully saturated rings. The Morgan fingerprint density at radius 2 is 1.78 bits per heavy atom. The first-order valence-electron chi connectivity index (χ1n) is 12.7. The number of carbonyl (C=O) groups is 1. The van der Waals surface area contributed by atoms with Crippen LogP contribution in [0.2, 0.25) is 0 Å². The highest BCUT2D eigenvalue weighted by Crippen LogP contribution is 2.34. The van der Waals surface area contributed by atoms with Gasteiger partial charge in [-0.05, 0) is 78.1 Å². The molecule has 4 aromatic rings. The lowest BCUT2D eigenvalue weighted by Gasteiger charge is -2.26. The first-order chi connectivity index (χ1) is 17.7. The van der Waals surface area contributed by atoms with Crippen LogP contribution in [-0.2, 0) is 5.41 Å². The Hall–Kier alpha value is -3.78. The van der Waals surface area contributed by atoms with Crippen molar-refractivity contribution in [2.24, 2.45) is 0 Å². The molecule has 192 valence electrons. The van der Waals surface area contributed by atoms with Crippen molar-refractivity contribution < 1.29 is 14.3 Å². The fourth-order valence-electron chi connectivity index (χ4n) is 4.81. The molecule has 0 aliphatic heterocycles. The van der Waals surface area contributed by atoms with Crippen molar-refractivity contribution in [2.45, 2.75) is 64.0 Å². The van der Waals surface area contributed by atoms with Crippen LogP contribution in [0.15, 0.2) is 54.7 Å². The molecular formula is C29H32FN5O2. The second-order valence-electron chi connectivity index (χ2n) is 10.8. The monoisotopic (exact) mass is 501 g/mol. The minimum absolute atomic E-state index is 0.0153. The number of aliphatic hydroxyl groups is 1. The van der Waals surface area contributed by atoms with Gasteiger partial charge in [-0.3, -0.25) is 9.89 Å². The number of hydrogen-bond donors (Lipinski definition) is 4. The number of hydrogen-bond acceptors (Lipinski definition) is 5. The molecule has 0 spiro atoms. The van der Waals surface area contributed by atoms with Gasteiger partial charge in [-0.15, -0.1) is 0 Å². The van der Waals surface area contributed by atoms with Gasteiger partial charge >= 0.3 is 0 Å². The number of H-pyrrole nitrogens is 1. The Labute approximate surface area is 215 Å². The predicted molar refractivity (Wildman–Crippen MR) is 144 cm³/mol. The normalized spacial score (nSPS) is 18.1. The topological polar surface area (TPSA) is 103 Å². The number of rotatable bonds is 5. The van der Waals surface area contributed by atoms with Gasteiger partial charge < -0.3 is 15.7 Å². The summed E-state index contributed by atoms with van der Waals surface area (Å²) in [5.41, 5.74) is 3.73. The van der Waals surface area contributed by atoms with E-state index in [0.29, 0.717) is 22.6 Å². The number of carbonyl (C=O) groups excluding carboxylic acids is 1. The number of pyridine rings is 1. The third kappa shape index (κ3) is 5.34. The van der Waals surface area contributed by atoms with Crippen LogP contribution in [0, 0.1) is 5.82 Å². The molecule has 0 bridgehead atoms. The standard InChI is InChI=1S/C29H32FN5O2/c1-29(2,3)19-7-4-17(5-8-19)28(37)33-24-13-6-18(16-23(24)30)22-14-15-31-26-25(22)27(35-34-26)32-20-9-11-21(36)12-10-20/h4-8,13-16,20-21,36H,9-12H2,1-3H3,(H,33,37)(H2,31,32,34,35). The number of fused-ring (bicyclic) bond motifs is 1. The van der Waals surface area contributed by atoms with Crippen molar-refractivity contribution in [3.63, 3.8) is 0 Å². The Bertz CT molecular complexity index is 1420. The molecule has 37 heavy (non-hydrogen) atoms. The first-order valence-corrected chi connectivity index (χ1v) is 12.7. The zero-order valence-electron chi connectivity index (χ0n) is 21.3. The van der Waals surface area contributed by atoms with E-state index in [2.05, 4.69) is 46.6 Å². The summed E-state index contributed by atoms with van der Waals surface area (Å²) in [5, 5.41) is 24.1. The largest absolute Gasteiger partial charge is 0.393 e. The molecule has 2 aromatic carbocycles. The van der Waals surface area contributed by atoms with Gasteiger partial charge in [-0.1, -0.05) is 39.0 Å². The van der Waals surface area contributed by atoms with E-state index < -0.39 is 5.82 Å². The molecule has 8 heteroatoms. The highest BCUT2D eigenvalue weighted by atomic mass is 19.1. The second-order valence-corrected chi connectivity index (χ2v) is 10.8. The van der Waals surface area contributed by atoms with Gasteiger partial charge in [0.1, 0.15) is 5.82 Å². The lowest BCUT2D eigenvalue weighted by molar-refractivity contribution is 0.102. The zero-order chi connectivity index (χ0) is 26.2. The van der Waals surface area contributed by atoms with Crippen LogP contribution in [0.5, 0.6) is 0 Å². The lowest BCUT2D eigenvalue weighted by Crippen LogP contribution is -2.28. The van der Waals surface area contributed by atoms with Crippen molar-refractivity contribution in [1.82, 2.24) is 15.2 Å². The van der Waals surface area contributed by atoms with E-state index in [1.54, 1.807) is 30.5 Å². The number of nitrogens with zero attached hydrogens (tertiary/aromatic N) is 2. The van der Waals surface area contributed by atoms with Crippen LogP contribution in [-0.4, -0.2) is 38.3 Å². The molecule has 2 heterocycles. The number of benzene rings is 2. The summed E-state index contributed by atoms with van der Waals surface area (Å²) >= 11 is 0. The van der Waals surface area contributed by atoms with E-state index in [0.717, 1.165) is 42.2 Å². The van der Waals surface area contributed by atoms with Crippen molar-refractivity contribution in [3.8, 4) is 11.1 Å². The number of amides is 1. The van der Waals surface area contributed by atoms with Crippen molar-refractivity contribution >= 4 is 28.4 Å². The van der Waals surface area contributed by atoms with Crippen LogP contribution >= 0.6 is 0 Å². The maximum absolute atomic E-state index is 15.2. The summed E-state index contributed by atoms with van der Waals surface area (Å²) in [5.74, 6) is -0.227. The third-order valence-corrected chi connectivity index (χ3v) is 7.04. The third-order valence-electron chi connectivity index (χ3n) is 7.04. The maximum atomic E-state index is 15.2. The molecule has 2 aromatic heterocycles. The number of aromatic nitrogens is 3. The molecule has 0 radical (unpaired) electrons. The molecule has 4 N–H and O–H groups in total. The molecule has 1 amide bonds. The van der Waals surface area contributed by atoms with Crippen molar-refractivity contribution in [1.29, 1.82) is 0 Å². The van der Waals surface area contributed by atoms with Crippen LogP contribution < -0.4 is 10.6 Å². The van der Waals surface area contributed by atoms with E-state index >= 15 is 4.39 Å². The molecule has 1 aliphatic rings.